The summed E-state index contributed by atoms with van der Waals surface area (Å²) in [4.78, 5) is 2.26. The molecule has 2 rings (SSSR count). The van der Waals surface area contributed by atoms with E-state index in [1.165, 1.54) is 25.0 Å². The van der Waals surface area contributed by atoms with Crippen LogP contribution in [0.3, 0.4) is 0 Å². The fourth-order valence-electron chi connectivity index (χ4n) is 2.63. The van der Waals surface area contributed by atoms with Crippen LogP contribution in [0.2, 0.25) is 0 Å². The van der Waals surface area contributed by atoms with Crippen LogP contribution in [-0.2, 0) is 0 Å². The number of nitrogens with zero attached hydrogens (tertiary/aromatic N) is 1. The Labute approximate surface area is 129 Å². The van der Waals surface area contributed by atoms with Gasteiger partial charge < -0.3 is 16.0 Å². The first-order chi connectivity index (χ1) is 9.99. The Kier molecular flexibility index (Phi) is 5.47. The van der Waals surface area contributed by atoms with Crippen molar-refractivity contribution in [1.82, 2.24) is 4.90 Å². The van der Waals surface area contributed by atoms with Crippen LogP contribution in [0.5, 0.6) is 0 Å². The van der Waals surface area contributed by atoms with Gasteiger partial charge in [-0.2, -0.15) is 0 Å². The fourth-order valence-corrected chi connectivity index (χ4v) is 2.79. The summed E-state index contributed by atoms with van der Waals surface area (Å²) >= 11 is 4.68. The summed E-state index contributed by atoms with van der Waals surface area (Å²) in [5.74, 6) is -1.55. The second-order valence-corrected chi connectivity index (χ2v) is 6.09. The van der Waals surface area contributed by atoms with Crippen LogP contribution in [0, 0.1) is 17.6 Å². The molecular weight excluding hydrogens is 292 g/mol. The van der Waals surface area contributed by atoms with Crippen molar-refractivity contribution in [2.24, 2.45) is 11.7 Å². The molecule has 0 radical (unpaired) electrons. The average Bonchev–Trinajstić information content (AvgIpc) is 2.93. The van der Waals surface area contributed by atoms with E-state index in [9.17, 15) is 8.78 Å². The van der Waals surface area contributed by atoms with Crippen molar-refractivity contribution in [3.8, 4) is 0 Å². The van der Waals surface area contributed by atoms with Crippen molar-refractivity contribution in [3.63, 3.8) is 0 Å². The Morgan fingerprint density at radius 2 is 2.00 bits per heavy atom. The number of nitrogens with one attached hydrogen (secondary N) is 1. The lowest BCUT2D eigenvalue weighted by Crippen LogP contribution is -2.29. The molecule has 1 aliphatic rings. The zero-order chi connectivity index (χ0) is 15.4. The Balaban J connectivity index is 1.93. The zero-order valence-electron chi connectivity index (χ0n) is 12.2. The second-order valence-electron chi connectivity index (χ2n) is 5.65. The number of thiocarbonyl (C=S) groups is 1. The number of hydrogen-bond acceptors (Lipinski definition) is 3. The van der Waals surface area contributed by atoms with Gasteiger partial charge in [-0.1, -0.05) is 19.1 Å². The van der Waals surface area contributed by atoms with Gasteiger partial charge in [0.25, 0.3) is 0 Å². The van der Waals surface area contributed by atoms with E-state index >= 15 is 0 Å². The van der Waals surface area contributed by atoms with Gasteiger partial charge in [-0.15, -0.1) is 0 Å². The maximum atomic E-state index is 13.9. The summed E-state index contributed by atoms with van der Waals surface area (Å²) in [6.45, 7) is 5.94. The highest BCUT2D eigenvalue weighted by Gasteiger charge is 2.17. The molecule has 21 heavy (non-hydrogen) atoms. The minimum atomic E-state index is -0.986. The molecule has 1 fully saturated rings. The predicted molar refractivity (Wildman–Crippen MR) is 85.6 cm³/mol. The minimum absolute atomic E-state index is 0.0573. The van der Waals surface area contributed by atoms with Crippen LogP contribution in [0.15, 0.2) is 12.1 Å². The summed E-state index contributed by atoms with van der Waals surface area (Å²) in [7, 11) is 0. The van der Waals surface area contributed by atoms with Crippen LogP contribution < -0.4 is 11.1 Å². The van der Waals surface area contributed by atoms with Gasteiger partial charge in [0.05, 0.1) is 5.69 Å². The highest BCUT2D eigenvalue weighted by Crippen LogP contribution is 2.21. The molecule has 1 saturated heterocycles. The fraction of sp³-hybridized carbons (Fsp3) is 0.533. The molecule has 0 spiro atoms. The molecule has 0 bridgehead atoms. The van der Waals surface area contributed by atoms with E-state index in [0.717, 1.165) is 19.6 Å². The smallest absolute Gasteiger partial charge is 0.182 e. The van der Waals surface area contributed by atoms with Gasteiger partial charge in [-0.05, 0) is 44.0 Å². The average molecular weight is 313 g/mol. The molecule has 6 heteroatoms. The van der Waals surface area contributed by atoms with Crippen LogP contribution >= 0.6 is 12.2 Å². The van der Waals surface area contributed by atoms with Gasteiger partial charge in [0.2, 0.25) is 0 Å². The summed E-state index contributed by atoms with van der Waals surface area (Å²) < 4.78 is 27.7. The van der Waals surface area contributed by atoms with Crippen LogP contribution in [0.4, 0.5) is 14.5 Å². The Bertz CT molecular complexity index is 516. The summed E-state index contributed by atoms with van der Waals surface area (Å²) in [5.41, 5.74) is 5.44. The largest absolute Gasteiger partial charge is 0.389 e. The maximum Gasteiger partial charge on any atom is 0.182 e. The van der Waals surface area contributed by atoms with Crippen molar-refractivity contribution in [2.45, 2.75) is 19.8 Å². The van der Waals surface area contributed by atoms with Crippen LogP contribution in [0.1, 0.15) is 25.3 Å². The quantitative estimate of drug-likeness (QED) is 0.793. The zero-order valence-corrected chi connectivity index (χ0v) is 13.0. The molecule has 0 aliphatic carbocycles. The van der Waals surface area contributed by atoms with E-state index in [-0.39, 0.29) is 16.2 Å². The third-order valence-corrected chi connectivity index (χ3v) is 3.98. The Morgan fingerprint density at radius 1 is 1.33 bits per heavy atom. The van der Waals surface area contributed by atoms with Crippen LogP contribution in [0.25, 0.3) is 0 Å². The van der Waals surface area contributed by atoms with E-state index in [0.29, 0.717) is 12.5 Å². The van der Waals surface area contributed by atoms with Crippen molar-refractivity contribution in [1.29, 1.82) is 0 Å². The standard InChI is InChI=1S/C15H21F2N3S/c1-10(9-20-6-2-3-7-20)8-19-12-5-4-11(15(18)21)13(16)14(12)17/h4-5,10,19H,2-3,6-9H2,1H3,(H2,18,21). The van der Waals surface area contributed by atoms with E-state index in [2.05, 4.69) is 29.4 Å². The van der Waals surface area contributed by atoms with Gasteiger partial charge >= 0.3 is 0 Å². The summed E-state index contributed by atoms with van der Waals surface area (Å²) in [6.07, 6.45) is 2.50. The van der Waals surface area contributed by atoms with Gasteiger partial charge in [-0.3, -0.25) is 0 Å². The normalized spacial score (nSPS) is 16.9. The third-order valence-electron chi connectivity index (χ3n) is 3.76. The Morgan fingerprint density at radius 3 is 2.62 bits per heavy atom. The highest BCUT2D eigenvalue weighted by molar-refractivity contribution is 7.80. The summed E-state index contributed by atoms with van der Waals surface area (Å²) in [5, 5.41) is 2.97. The van der Waals surface area contributed by atoms with E-state index < -0.39 is 11.6 Å². The Hall–Kier alpha value is -1.27. The van der Waals surface area contributed by atoms with Crippen molar-refractivity contribution >= 4 is 22.9 Å². The molecule has 0 amide bonds. The number of nitrogens with two attached hydrogens (primary N) is 1. The first-order valence-corrected chi connectivity index (χ1v) is 7.64. The molecule has 1 aromatic carbocycles. The number of rotatable bonds is 6. The first kappa shape index (κ1) is 16.1. The molecule has 1 atom stereocenters. The number of halogens is 2. The van der Waals surface area contributed by atoms with Gasteiger partial charge in [0.1, 0.15) is 4.99 Å². The first-order valence-electron chi connectivity index (χ1n) is 7.23. The molecule has 1 aliphatic heterocycles. The lowest BCUT2D eigenvalue weighted by molar-refractivity contribution is 0.294. The van der Waals surface area contributed by atoms with E-state index in [1.807, 2.05) is 0 Å². The number of benzene rings is 1. The molecule has 0 aromatic heterocycles. The monoisotopic (exact) mass is 313 g/mol. The minimum Gasteiger partial charge on any atom is -0.389 e. The molecule has 116 valence electrons. The van der Waals surface area contributed by atoms with E-state index in [1.54, 1.807) is 0 Å². The molecule has 1 aromatic rings. The third kappa shape index (κ3) is 4.11. The van der Waals surface area contributed by atoms with Crippen molar-refractivity contribution in [2.75, 3.05) is 31.5 Å². The molecule has 0 saturated carbocycles. The van der Waals surface area contributed by atoms with Crippen LogP contribution in [-0.4, -0.2) is 36.1 Å². The number of hydrogen-bond donors (Lipinski definition) is 2. The summed E-state index contributed by atoms with van der Waals surface area (Å²) in [6, 6.07) is 2.89. The lowest BCUT2D eigenvalue weighted by Gasteiger charge is -2.21. The number of likely N-dealkylation sites (tertiary alicyclic amines) is 1. The number of anilines is 1. The van der Waals surface area contributed by atoms with Crippen molar-refractivity contribution in [3.05, 3.63) is 29.3 Å². The molecule has 1 unspecified atom stereocenters. The van der Waals surface area contributed by atoms with Gasteiger partial charge in [0.15, 0.2) is 11.6 Å². The second kappa shape index (κ2) is 7.13. The maximum absolute atomic E-state index is 13.9. The van der Waals surface area contributed by atoms with Gasteiger partial charge in [0, 0.05) is 18.7 Å². The SMILES string of the molecule is CC(CNc1ccc(C(N)=S)c(F)c1F)CN1CCCC1. The lowest BCUT2D eigenvalue weighted by atomic mass is 10.1. The van der Waals surface area contributed by atoms with Gasteiger partial charge in [-0.25, -0.2) is 8.78 Å². The molecule has 3 nitrogen and oxygen atoms in total. The predicted octanol–water partition coefficient (Wildman–Crippen LogP) is 2.74. The van der Waals surface area contributed by atoms with Crippen molar-refractivity contribution < 1.29 is 8.78 Å². The topological polar surface area (TPSA) is 41.3 Å². The molecular formula is C15H21F2N3S. The highest BCUT2D eigenvalue weighted by atomic mass is 32.1. The van der Waals surface area contributed by atoms with E-state index in [4.69, 9.17) is 5.73 Å². The molecule has 3 N–H and O–H groups in total. The molecule has 1 heterocycles.